The van der Waals surface area contributed by atoms with Crippen molar-refractivity contribution in [1.82, 2.24) is 9.88 Å². The number of carbonyl (C=O) groups is 1. The fraction of sp³-hybridized carbons (Fsp3) is 0.333. The van der Waals surface area contributed by atoms with Crippen molar-refractivity contribution in [2.24, 2.45) is 0 Å². The van der Waals surface area contributed by atoms with Gasteiger partial charge < -0.3 is 9.64 Å². The first-order valence-corrected chi connectivity index (χ1v) is 8.04. The van der Waals surface area contributed by atoms with Gasteiger partial charge in [-0.1, -0.05) is 23.7 Å². The van der Waals surface area contributed by atoms with Crippen molar-refractivity contribution < 1.29 is 9.53 Å². The average Bonchev–Trinajstić information content (AvgIpc) is 2.53. The summed E-state index contributed by atoms with van der Waals surface area (Å²) >= 11 is 5.90. The second kappa shape index (κ2) is 7.01. The van der Waals surface area contributed by atoms with Gasteiger partial charge in [0.2, 0.25) is 5.91 Å². The van der Waals surface area contributed by atoms with Crippen LogP contribution in [0.2, 0.25) is 5.02 Å². The second-order valence-corrected chi connectivity index (χ2v) is 6.22. The minimum Gasteiger partial charge on any atom is -0.495 e. The third-order valence-corrected chi connectivity index (χ3v) is 4.46. The van der Waals surface area contributed by atoms with E-state index in [2.05, 4.69) is 4.98 Å². The van der Waals surface area contributed by atoms with Gasteiger partial charge in [0.05, 0.1) is 13.3 Å². The van der Waals surface area contributed by atoms with Crippen molar-refractivity contribution in [2.75, 3.05) is 20.2 Å². The molecule has 1 amide bonds. The number of likely N-dealkylation sites (tertiary alicyclic amines) is 1. The Morgan fingerprint density at radius 2 is 2.04 bits per heavy atom. The minimum absolute atomic E-state index is 0.193. The molecule has 0 unspecified atom stereocenters. The van der Waals surface area contributed by atoms with Crippen LogP contribution in [-0.2, 0) is 11.2 Å². The molecule has 0 atom stereocenters. The molecule has 1 aliphatic rings. The largest absolute Gasteiger partial charge is 0.495 e. The molecule has 1 aromatic heterocycles. The number of carbonyl (C=O) groups excluding carboxylic acids is 1. The summed E-state index contributed by atoms with van der Waals surface area (Å²) in [7, 11) is 1.61. The molecule has 1 saturated heterocycles. The van der Waals surface area contributed by atoms with Crippen LogP contribution in [0, 0.1) is 0 Å². The normalized spacial score (nSPS) is 14.4. The van der Waals surface area contributed by atoms with Crippen LogP contribution in [0.15, 0.2) is 42.7 Å². The molecule has 2 aromatic rings. The van der Waals surface area contributed by atoms with Gasteiger partial charge in [0.25, 0.3) is 0 Å². The fourth-order valence-corrected chi connectivity index (χ4v) is 2.88. The number of hydrogen-bond donors (Lipinski definition) is 0. The Bertz CT molecular complexity index is 682. The van der Waals surface area contributed by atoms with Crippen LogP contribution >= 0.6 is 11.6 Å². The highest BCUT2D eigenvalue weighted by Crippen LogP contribution is 2.28. The zero-order chi connectivity index (χ0) is 16.2. The Labute approximate surface area is 141 Å². The van der Waals surface area contributed by atoms with E-state index in [0.717, 1.165) is 29.4 Å². The van der Waals surface area contributed by atoms with E-state index < -0.39 is 0 Å². The van der Waals surface area contributed by atoms with Crippen LogP contribution in [0.5, 0.6) is 5.75 Å². The van der Waals surface area contributed by atoms with Crippen molar-refractivity contribution in [2.45, 2.75) is 18.8 Å². The molecule has 0 spiro atoms. The van der Waals surface area contributed by atoms with Crippen molar-refractivity contribution in [3.05, 3.63) is 58.9 Å². The van der Waals surface area contributed by atoms with Gasteiger partial charge in [-0.2, -0.15) is 0 Å². The first kappa shape index (κ1) is 15.8. The lowest BCUT2D eigenvalue weighted by molar-refractivity contribution is -0.135. The van der Waals surface area contributed by atoms with Crippen molar-refractivity contribution >= 4 is 17.5 Å². The monoisotopic (exact) mass is 330 g/mol. The van der Waals surface area contributed by atoms with E-state index in [0.29, 0.717) is 18.8 Å². The van der Waals surface area contributed by atoms with Gasteiger partial charge in [0.15, 0.2) is 0 Å². The Balaban J connectivity index is 1.48. The summed E-state index contributed by atoms with van der Waals surface area (Å²) in [5.74, 6) is 1.34. The van der Waals surface area contributed by atoms with Crippen molar-refractivity contribution in [3.8, 4) is 5.75 Å². The number of rotatable bonds is 5. The van der Waals surface area contributed by atoms with Gasteiger partial charge in [0, 0.05) is 36.6 Å². The lowest BCUT2D eigenvalue weighted by Gasteiger charge is -2.39. The Morgan fingerprint density at radius 3 is 2.74 bits per heavy atom. The van der Waals surface area contributed by atoms with Gasteiger partial charge in [-0.3, -0.25) is 9.78 Å². The fourth-order valence-electron chi connectivity index (χ4n) is 2.75. The van der Waals surface area contributed by atoms with Crippen LogP contribution < -0.4 is 4.74 Å². The molecule has 0 saturated carbocycles. The first-order chi connectivity index (χ1) is 11.2. The van der Waals surface area contributed by atoms with Crippen molar-refractivity contribution in [1.29, 1.82) is 0 Å². The van der Waals surface area contributed by atoms with Crippen LogP contribution in [0.3, 0.4) is 0 Å². The number of halogens is 1. The Hall–Kier alpha value is -2.07. The number of aryl methyl sites for hydroxylation is 1. The van der Waals surface area contributed by atoms with Crippen LogP contribution in [0.1, 0.15) is 23.5 Å². The lowest BCUT2D eigenvalue weighted by atomic mass is 9.91. The number of ether oxygens (including phenoxy) is 1. The number of nitrogens with zero attached hydrogens (tertiary/aromatic N) is 2. The van der Waals surface area contributed by atoms with E-state index in [9.17, 15) is 4.79 Å². The number of hydrogen-bond acceptors (Lipinski definition) is 3. The molecule has 3 rings (SSSR count). The topological polar surface area (TPSA) is 42.4 Å². The summed E-state index contributed by atoms with van der Waals surface area (Å²) in [6, 6.07) is 9.80. The zero-order valence-electron chi connectivity index (χ0n) is 13.0. The summed E-state index contributed by atoms with van der Waals surface area (Å²) in [5.41, 5.74) is 2.27. The van der Waals surface area contributed by atoms with E-state index in [1.807, 2.05) is 35.2 Å². The number of aromatic nitrogens is 1. The Morgan fingerprint density at radius 1 is 1.30 bits per heavy atom. The summed E-state index contributed by atoms with van der Waals surface area (Å²) in [6.07, 6.45) is 4.63. The third-order valence-electron chi connectivity index (χ3n) is 4.21. The lowest BCUT2D eigenvalue weighted by Crippen LogP contribution is -2.48. The van der Waals surface area contributed by atoms with Gasteiger partial charge in [-0.05, 0) is 35.7 Å². The summed E-state index contributed by atoms with van der Waals surface area (Å²) in [5, 5.41) is 0.743. The highest BCUT2D eigenvalue weighted by atomic mass is 35.5. The smallest absolute Gasteiger partial charge is 0.222 e. The van der Waals surface area contributed by atoms with Gasteiger partial charge in [-0.15, -0.1) is 0 Å². The number of benzene rings is 1. The Kier molecular flexibility index (Phi) is 4.82. The highest BCUT2D eigenvalue weighted by Gasteiger charge is 2.31. The molecule has 0 aliphatic carbocycles. The second-order valence-electron chi connectivity index (χ2n) is 5.78. The minimum atomic E-state index is 0.193. The maximum Gasteiger partial charge on any atom is 0.222 e. The molecular formula is C18H19ClN2O2. The van der Waals surface area contributed by atoms with E-state index in [1.54, 1.807) is 19.5 Å². The average molecular weight is 331 g/mol. The van der Waals surface area contributed by atoms with Crippen LogP contribution in [0.4, 0.5) is 0 Å². The van der Waals surface area contributed by atoms with E-state index in [1.165, 1.54) is 5.56 Å². The first-order valence-electron chi connectivity index (χ1n) is 7.67. The maximum absolute atomic E-state index is 12.2. The van der Waals surface area contributed by atoms with E-state index >= 15 is 0 Å². The van der Waals surface area contributed by atoms with Crippen LogP contribution in [0.25, 0.3) is 0 Å². The van der Waals surface area contributed by atoms with Gasteiger partial charge in [-0.25, -0.2) is 0 Å². The van der Waals surface area contributed by atoms with Gasteiger partial charge in [0.1, 0.15) is 5.75 Å². The number of pyridine rings is 1. The molecular weight excluding hydrogens is 312 g/mol. The number of amides is 1. The zero-order valence-corrected chi connectivity index (χ0v) is 13.8. The quantitative estimate of drug-likeness (QED) is 0.844. The summed E-state index contributed by atoms with van der Waals surface area (Å²) in [4.78, 5) is 18.3. The molecule has 1 aromatic carbocycles. The molecule has 120 valence electrons. The van der Waals surface area contributed by atoms with Crippen molar-refractivity contribution in [3.63, 3.8) is 0 Å². The SMILES string of the molecule is COc1cncc(CCC(=O)N2CC(c3ccc(Cl)cc3)C2)c1. The molecule has 23 heavy (non-hydrogen) atoms. The van der Waals surface area contributed by atoms with E-state index in [4.69, 9.17) is 16.3 Å². The predicted octanol–water partition coefficient (Wildman–Crippen LogP) is 3.30. The molecule has 0 bridgehead atoms. The maximum atomic E-state index is 12.2. The highest BCUT2D eigenvalue weighted by molar-refractivity contribution is 6.30. The number of methoxy groups -OCH3 is 1. The molecule has 1 fully saturated rings. The molecule has 2 heterocycles. The van der Waals surface area contributed by atoms with E-state index in [-0.39, 0.29) is 5.91 Å². The van der Waals surface area contributed by atoms with Crippen LogP contribution in [-0.4, -0.2) is 36.0 Å². The molecule has 5 heteroatoms. The predicted molar refractivity (Wildman–Crippen MR) is 89.9 cm³/mol. The molecule has 0 N–H and O–H groups in total. The standard InChI is InChI=1S/C18H19ClN2O2/c1-23-17-8-13(9-20-10-17)2-7-18(22)21-11-15(12-21)14-3-5-16(19)6-4-14/h3-6,8-10,15H,2,7,11-12H2,1H3. The third kappa shape index (κ3) is 3.82. The molecule has 1 aliphatic heterocycles. The molecule has 0 radical (unpaired) electrons. The van der Waals surface area contributed by atoms with Gasteiger partial charge >= 0.3 is 0 Å². The summed E-state index contributed by atoms with van der Waals surface area (Å²) in [6.45, 7) is 1.58. The summed E-state index contributed by atoms with van der Waals surface area (Å²) < 4.78 is 5.15. The molecule has 4 nitrogen and oxygen atoms in total.